The fraction of sp³-hybridized carbons (Fsp3) is 0.467. The highest BCUT2D eigenvalue weighted by molar-refractivity contribution is 9.10. The lowest BCUT2D eigenvalue weighted by Crippen LogP contribution is -2.39. The van der Waals surface area contributed by atoms with E-state index in [0.717, 1.165) is 22.1 Å². The molecule has 1 atom stereocenters. The van der Waals surface area contributed by atoms with E-state index in [-0.39, 0.29) is 17.4 Å². The summed E-state index contributed by atoms with van der Waals surface area (Å²) in [5, 5.41) is 5.83. The van der Waals surface area contributed by atoms with Crippen LogP contribution in [-0.2, 0) is 9.59 Å². The number of halogens is 1. The molecule has 1 aromatic rings. The summed E-state index contributed by atoms with van der Waals surface area (Å²) in [6, 6.07) is 5.72. The number of hydrogen-bond acceptors (Lipinski definition) is 2. The van der Waals surface area contributed by atoms with Gasteiger partial charge in [-0.25, -0.2) is 0 Å². The van der Waals surface area contributed by atoms with Crippen molar-refractivity contribution in [1.82, 2.24) is 5.32 Å². The summed E-state index contributed by atoms with van der Waals surface area (Å²) in [6.45, 7) is 3.98. The lowest BCUT2D eigenvalue weighted by molar-refractivity contribution is -0.120. The van der Waals surface area contributed by atoms with Gasteiger partial charge in [0, 0.05) is 28.5 Å². The predicted octanol–water partition coefficient (Wildman–Crippen LogP) is 3.14. The summed E-state index contributed by atoms with van der Waals surface area (Å²) in [7, 11) is 0. The average molecular weight is 339 g/mol. The number of rotatable bonds is 4. The van der Waals surface area contributed by atoms with Gasteiger partial charge in [-0.2, -0.15) is 0 Å². The first-order valence-electron chi connectivity index (χ1n) is 6.75. The van der Waals surface area contributed by atoms with Crippen LogP contribution in [0.25, 0.3) is 0 Å². The van der Waals surface area contributed by atoms with Crippen molar-refractivity contribution in [2.45, 2.75) is 45.1 Å². The van der Waals surface area contributed by atoms with Crippen molar-refractivity contribution in [3.05, 3.63) is 28.2 Å². The molecule has 1 aromatic carbocycles. The summed E-state index contributed by atoms with van der Waals surface area (Å²) < 4.78 is 1.02. The fourth-order valence-corrected chi connectivity index (χ4v) is 2.62. The zero-order valence-corrected chi connectivity index (χ0v) is 13.3. The Morgan fingerprint density at radius 1 is 1.50 bits per heavy atom. The number of hydrogen-bond donors (Lipinski definition) is 2. The molecule has 0 radical (unpaired) electrons. The molecular formula is C15H19BrN2O2. The first kappa shape index (κ1) is 15.0. The summed E-state index contributed by atoms with van der Waals surface area (Å²) in [6.07, 6.45) is 2.44. The fourth-order valence-electron chi connectivity index (χ4n) is 2.37. The smallest absolute Gasteiger partial charge is 0.224 e. The summed E-state index contributed by atoms with van der Waals surface area (Å²) in [5.41, 5.74) is 1.65. The number of carbonyl (C=O) groups is 2. The van der Waals surface area contributed by atoms with E-state index in [9.17, 15) is 9.59 Å². The van der Waals surface area contributed by atoms with Crippen molar-refractivity contribution >= 4 is 33.4 Å². The Hall–Kier alpha value is -1.36. The number of aryl methyl sites for hydroxylation is 1. The SMILES string of the molecule is Cc1cc(NC(=O)CCC2(C)CCC(=O)N2)ccc1Br. The molecule has 4 nitrogen and oxygen atoms in total. The van der Waals surface area contributed by atoms with Crippen LogP contribution in [-0.4, -0.2) is 17.4 Å². The topological polar surface area (TPSA) is 58.2 Å². The van der Waals surface area contributed by atoms with Gasteiger partial charge < -0.3 is 10.6 Å². The van der Waals surface area contributed by atoms with Crippen LogP contribution >= 0.6 is 15.9 Å². The van der Waals surface area contributed by atoms with Gasteiger partial charge in [-0.3, -0.25) is 9.59 Å². The molecule has 0 saturated carbocycles. The molecule has 0 aromatic heterocycles. The van der Waals surface area contributed by atoms with Crippen LogP contribution < -0.4 is 10.6 Å². The first-order valence-corrected chi connectivity index (χ1v) is 7.54. The predicted molar refractivity (Wildman–Crippen MR) is 82.5 cm³/mol. The number of amides is 2. The Kier molecular flexibility index (Phi) is 4.48. The highest BCUT2D eigenvalue weighted by Crippen LogP contribution is 2.25. The van der Waals surface area contributed by atoms with Gasteiger partial charge in [0.05, 0.1) is 0 Å². The Labute approximate surface area is 127 Å². The number of nitrogens with one attached hydrogen (secondary N) is 2. The van der Waals surface area contributed by atoms with E-state index in [1.54, 1.807) is 0 Å². The zero-order chi connectivity index (χ0) is 14.8. The van der Waals surface area contributed by atoms with Crippen LogP contribution in [0.1, 0.15) is 38.2 Å². The van der Waals surface area contributed by atoms with Crippen LogP contribution in [0.4, 0.5) is 5.69 Å². The number of carbonyl (C=O) groups excluding carboxylic acids is 2. The summed E-state index contributed by atoms with van der Waals surface area (Å²) in [5.74, 6) is 0.0607. The maximum atomic E-state index is 12.0. The van der Waals surface area contributed by atoms with Gasteiger partial charge >= 0.3 is 0 Å². The Balaban J connectivity index is 1.86. The van der Waals surface area contributed by atoms with Crippen molar-refractivity contribution in [1.29, 1.82) is 0 Å². The van der Waals surface area contributed by atoms with Gasteiger partial charge in [0.1, 0.15) is 0 Å². The van der Waals surface area contributed by atoms with Crippen LogP contribution in [0.3, 0.4) is 0 Å². The van der Waals surface area contributed by atoms with Gasteiger partial charge in [0.15, 0.2) is 0 Å². The van der Waals surface area contributed by atoms with E-state index in [1.165, 1.54) is 0 Å². The van der Waals surface area contributed by atoms with Crippen LogP contribution in [0, 0.1) is 6.92 Å². The lowest BCUT2D eigenvalue weighted by atomic mass is 9.94. The average Bonchev–Trinajstić information content (AvgIpc) is 2.72. The Morgan fingerprint density at radius 2 is 2.25 bits per heavy atom. The number of anilines is 1. The van der Waals surface area contributed by atoms with Gasteiger partial charge in [-0.15, -0.1) is 0 Å². The van der Waals surface area contributed by atoms with Gasteiger partial charge in [0.25, 0.3) is 0 Å². The highest BCUT2D eigenvalue weighted by Gasteiger charge is 2.32. The molecule has 2 N–H and O–H groups in total. The van der Waals surface area contributed by atoms with E-state index < -0.39 is 0 Å². The normalized spacial score (nSPS) is 21.6. The van der Waals surface area contributed by atoms with E-state index in [4.69, 9.17) is 0 Å². The van der Waals surface area contributed by atoms with E-state index in [1.807, 2.05) is 32.0 Å². The van der Waals surface area contributed by atoms with E-state index >= 15 is 0 Å². The molecule has 1 aliphatic rings. The zero-order valence-electron chi connectivity index (χ0n) is 11.8. The second-order valence-corrected chi connectivity index (χ2v) is 6.48. The maximum absolute atomic E-state index is 12.0. The third kappa shape index (κ3) is 3.82. The highest BCUT2D eigenvalue weighted by atomic mass is 79.9. The molecule has 20 heavy (non-hydrogen) atoms. The first-order chi connectivity index (χ1) is 9.38. The third-order valence-electron chi connectivity index (χ3n) is 3.69. The quantitative estimate of drug-likeness (QED) is 0.885. The van der Waals surface area contributed by atoms with Crippen molar-refractivity contribution in [3.63, 3.8) is 0 Å². The van der Waals surface area contributed by atoms with E-state index in [2.05, 4.69) is 26.6 Å². The van der Waals surface area contributed by atoms with Gasteiger partial charge in [0.2, 0.25) is 11.8 Å². The summed E-state index contributed by atoms with van der Waals surface area (Å²) >= 11 is 3.43. The maximum Gasteiger partial charge on any atom is 0.224 e. The molecule has 1 heterocycles. The molecular weight excluding hydrogens is 320 g/mol. The third-order valence-corrected chi connectivity index (χ3v) is 4.58. The van der Waals surface area contributed by atoms with Crippen molar-refractivity contribution in [2.24, 2.45) is 0 Å². The molecule has 0 bridgehead atoms. The van der Waals surface area contributed by atoms with Crippen LogP contribution in [0.2, 0.25) is 0 Å². The molecule has 5 heteroatoms. The minimum atomic E-state index is -0.232. The minimum Gasteiger partial charge on any atom is -0.351 e. The Morgan fingerprint density at radius 3 is 2.85 bits per heavy atom. The van der Waals surface area contributed by atoms with E-state index in [0.29, 0.717) is 19.3 Å². The number of benzene rings is 1. The van der Waals surface area contributed by atoms with Crippen molar-refractivity contribution in [3.8, 4) is 0 Å². The molecule has 0 spiro atoms. The molecule has 1 unspecified atom stereocenters. The van der Waals surface area contributed by atoms with Crippen molar-refractivity contribution in [2.75, 3.05) is 5.32 Å². The molecule has 108 valence electrons. The standard InChI is InChI=1S/C15H19BrN2O2/c1-10-9-11(3-4-12(10)16)17-13(19)5-7-15(2)8-6-14(20)18-15/h3-4,9H,5-8H2,1-2H3,(H,17,19)(H,18,20). The lowest BCUT2D eigenvalue weighted by Gasteiger charge is -2.23. The molecule has 1 fully saturated rings. The van der Waals surface area contributed by atoms with Crippen LogP contribution in [0.15, 0.2) is 22.7 Å². The molecule has 2 rings (SSSR count). The second kappa shape index (κ2) is 5.95. The van der Waals surface area contributed by atoms with Crippen molar-refractivity contribution < 1.29 is 9.59 Å². The molecule has 1 saturated heterocycles. The van der Waals surface area contributed by atoms with Gasteiger partial charge in [-0.05, 0) is 50.5 Å². The second-order valence-electron chi connectivity index (χ2n) is 5.62. The molecule has 2 amide bonds. The Bertz CT molecular complexity index is 545. The minimum absolute atomic E-state index is 0.0194. The largest absolute Gasteiger partial charge is 0.351 e. The monoisotopic (exact) mass is 338 g/mol. The summed E-state index contributed by atoms with van der Waals surface area (Å²) in [4.78, 5) is 23.2. The molecule has 0 aliphatic carbocycles. The molecule has 1 aliphatic heterocycles. The van der Waals surface area contributed by atoms with Crippen LogP contribution in [0.5, 0.6) is 0 Å². The van der Waals surface area contributed by atoms with Gasteiger partial charge in [-0.1, -0.05) is 15.9 Å².